The number of hydrogen-bond donors (Lipinski definition) is 1. The van der Waals surface area contributed by atoms with Gasteiger partial charge in [0.05, 0.1) is 12.3 Å². The molecule has 0 aliphatic heterocycles. The Kier molecular flexibility index (Phi) is 4.29. The number of hydrogen-bond acceptors (Lipinski definition) is 4. The standard InChI is InChI=1S/C16H21N3O3/c1-19-15(10-12(18-19)7-8-21-2)17-16(20)14-9-11-5-3-4-6-13(11)22-14/h9-10H,3-8H2,1-2H3,(H,17,20). The highest BCUT2D eigenvalue weighted by atomic mass is 16.5. The molecular weight excluding hydrogens is 282 g/mol. The smallest absolute Gasteiger partial charge is 0.292 e. The molecule has 0 atom stereocenters. The highest BCUT2D eigenvalue weighted by molar-refractivity contribution is 6.02. The molecule has 0 radical (unpaired) electrons. The first-order chi connectivity index (χ1) is 10.7. The number of ether oxygens (including phenoxy) is 1. The highest BCUT2D eigenvalue weighted by Crippen LogP contribution is 2.25. The number of methoxy groups -OCH3 is 1. The molecule has 1 N–H and O–H groups in total. The van der Waals surface area contributed by atoms with E-state index in [0.29, 0.717) is 18.2 Å². The lowest BCUT2D eigenvalue weighted by Gasteiger charge is -2.07. The van der Waals surface area contributed by atoms with Crippen molar-refractivity contribution in [2.45, 2.75) is 32.1 Å². The van der Waals surface area contributed by atoms with Crippen LogP contribution in [-0.2, 0) is 31.0 Å². The molecule has 0 spiro atoms. The van der Waals surface area contributed by atoms with Gasteiger partial charge in [0.2, 0.25) is 0 Å². The zero-order valence-electron chi connectivity index (χ0n) is 13.0. The number of rotatable bonds is 5. The fourth-order valence-corrected chi connectivity index (χ4v) is 2.75. The largest absolute Gasteiger partial charge is 0.456 e. The summed E-state index contributed by atoms with van der Waals surface area (Å²) in [7, 11) is 3.46. The first-order valence-corrected chi connectivity index (χ1v) is 7.62. The molecule has 2 aromatic rings. The Morgan fingerprint density at radius 1 is 1.41 bits per heavy atom. The van der Waals surface area contributed by atoms with Crippen molar-refractivity contribution in [1.82, 2.24) is 9.78 Å². The molecular formula is C16H21N3O3. The Bertz CT molecular complexity index is 649. The summed E-state index contributed by atoms with van der Waals surface area (Å²) in [6, 6.07) is 3.73. The lowest BCUT2D eigenvalue weighted by Crippen LogP contribution is -2.13. The van der Waals surface area contributed by atoms with Crippen LogP contribution in [0.2, 0.25) is 0 Å². The summed E-state index contributed by atoms with van der Waals surface area (Å²) < 4.78 is 12.4. The van der Waals surface area contributed by atoms with Gasteiger partial charge in [0.15, 0.2) is 5.76 Å². The van der Waals surface area contributed by atoms with E-state index in [4.69, 9.17) is 9.15 Å². The summed E-state index contributed by atoms with van der Waals surface area (Å²) in [4.78, 5) is 12.3. The third kappa shape index (κ3) is 3.06. The van der Waals surface area contributed by atoms with E-state index in [1.807, 2.05) is 12.1 Å². The number of aromatic nitrogens is 2. The molecule has 118 valence electrons. The van der Waals surface area contributed by atoms with Gasteiger partial charge in [-0.1, -0.05) is 0 Å². The van der Waals surface area contributed by atoms with Crippen LogP contribution in [0, 0.1) is 0 Å². The lowest BCUT2D eigenvalue weighted by molar-refractivity contribution is 0.0994. The molecule has 0 bridgehead atoms. The summed E-state index contributed by atoms with van der Waals surface area (Å²) in [6.45, 7) is 0.606. The normalized spacial score (nSPS) is 13.9. The summed E-state index contributed by atoms with van der Waals surface area (Å²) in [5, 5.41) is 7.21. The van der Waals surface area contributed by atoms with Gasteiger partial charge in [-0.3, -0.25) is 9.48 Å². The van der Waals surface area contributed by atoms with E-state index in [9.17, 15) is 4.79 Å². The quantitative estimate of drug-likeness (QED) is 0.920. The molecule has 2 heterocycles. The summed E-state index contributed by atoms with van der Waals surface area (Å²) >= 11 is 0. The molecule has 1 aliphatic rings. The van der Waals surface area contributed by atoms with Gasteiger partial charge in [-0.2, -0.15) is 5.10 Å². The summed E-state index contributed by atoms with van der Waals surface area (Å²) in [5.41, 5.74) is 2.06. The van der Waals surface area contributed by atoms with E-state index in [-0.39, 0.29) is 5.91 Å². The highest BCUT2D eigenvalue weighted by Gasteiger charge is 2.20. The van der Waals surface area contributed by atoms with Gasteiger partial charge >= 0.3 is 0 Å². The van der Waals surface area contributed by atoms with Crippen LogP contribution in [0.15, 0.2) is 16.5 Å². The van der Waals surface area contributed by atoms with E-state index in [2.05, 4.69) is 10.4 Å². The van der Waals surface area contributed by atoms with Crippen molar-refractivity contribution < 1.29 is 13.9 Å². The van der Waals surface area contributed by atoms with E-state index in [1.54, 1.807) is 18.8 Å². The molecule has 1 aliphatic carbocycles. The van der Waals surface area contributed by atoms with E-state index >= 15 is 0 Å². The van der Waals surface area contributed by atoms with Crippen LogP contribution >= 0.6 is 0 Å². The molecule has 0 aromatic carbocycles. The van der Waals surface area contributed by atoms with Crippen molar-refractivity contribution in [2.75, 3.05) is 19.0 Å². The van der Waals surface area contributed by atoms with Gasteiger partial charge in [-0.05, 0) is 30.9 Å². The number of amides is 1. The fourth-order valence-electron chi connectivity index (χ4n) is 2.75. The van der Waals surface area contributed by atoms with Gasteiger partial charge < -0.3 is 14.5 Å². The molecule has 0 saturated carbocycles. The third-order valence-electron chi connectivity index (χ3n) is 3.95. The molecule has 6 heteroatoms. The fraction of sp³-hybridized carbons (Fsp3) is 0.500. The molecule has 22 heavy (non-hydrogen) atoms. The average molecular weight is 303 g/mol. The summed E-state index contributed by atoms with van der Waals surface area (Å²) in [6.07, 6.45) is 4.94. The zero-order chi connectivity index (χ0) is 15.5. The number of carbonyl (C=O) groups excluding carboxylic acids is 1. The Hall–Kier alpha value is -2.08. The lowest BCUT2D eigenvalue weighted by atomic mass is 9.99. The van der Waals surface area contributed by atoms with E-state index in [0.717, 1.165) is 43.6 Å². The topological polar surface area (TPSA) is 69.3 Å². The minimum Gasteiger partial charge on any atom is -0.456 e. The van der Waals surface area contributed by atoms with Crippen LogP contribution in [0.3, 0.4) is 0 Å². The first-order valence-electron chi connectivity index (χ1n) is 7.62. The Labute approximate surface area is 129 Å². The predicted molar refractivity (Wildman–Crippen MR) is 82.1 cm³/mol. The number of nitrogens with zero attached hydrogens (tertiary/aromatic N) is 2. The number of furan rings is 1. The molecule has 6 nitrogen and oxygen atoms in total. The Morgan fingerprint density at radius 2 is 2.23 bits per heavy atom. The number of fused-ring (bicyclic) bond motifs is 1. The maximum absolute atomic E-state index is 12.3. The third-order valence-corrected chi connectivity index (χ3v) is 3.95. The minimum absolute atomic E-state index is 0.226. The first kappa shape index (κ1) is 14.8. The maximum atomic E-state index is 12.3. The average Bonchev–Trinajstić information content (AvgIpc) is 3.09. The Morgan fingerprint density at radius 3 is 3.00 bits per heavy atom. The minimum atomic E-state index is -0.226. The second kappa shape index (κ2) is 6.36. The molecule has 2 aromatic heterocycles. The van der Waals surface area contributed by atoms with Crippen LogP contribution in [0.5, 0.6) is 0 Å². The summed E-state index contributed by atoms with van der Waals surface area (Å²) in [5.74, 6) is 1.77. The SMILES string of the molecule is COCCc1cc(NC(=O)c2cc3c(o2)CCCC3)n(C)n1. The maximum Gasteiger partial charge on any atom is 0.292 e. The van der Waals surface area contributed by atoms with Crippen LogP contribution in [0.4, 0.5) is 5.82 Å². The van der Waals surface area contributed by atoms with Gasteiger partial charge in [-0.25, -0.2) is 0 Å². The van der Waals surface area contributed by atoms with Crippen LogP contribution in [-0.4, -0.2) is 29.4 Å². The predicted octanol–water partition coefficient (Wildman–Crippen LogP) is 2.33. The van der Waals surface area contributed by atoms with E-state index in [1.165, 1.54) is 5.56 Å². The molecule has 0 unspecified atom stereocenters. The van der Waals surface area contributed by atoms with Gasteiger partial charge in [0, 0.05) is 33.1 Å². The van der Waals surface area contributed by atoms with Crippen molar-refractivity contribution >= 4 is 11.7 Å². The molecule has 3 rings (SSSR count). The van der Waals surface area contributed by atoms with E-state index < -0.39 is 0 Å². The molecule has 0 fully saturated rings. The van der Waals surface area contributed by atoms with Gasteiger partial charge in [0.1, 0.15) is 11.6 Å². The monoisotopic (exact) mass is 303 g/mol. The van der Waals surface area contributed by atoms with Crippen molar-refractivity contribution in [1.29, 1.82) is 0 Å². The Balaban J connectivity index is 1.71. The second-order valence-electron chi connectivity index (χ2n) is 5.61. The van der Waals surface area contributed by atoms with Crippen LogP contribution < -0.4 is 5.32 Å². The van der Waals surface area contributed by atoms with Crippen LogP contribution in [0.1, 0.15) is 40.4 Å². The van der Waals surface area contributed by atoms with Gasteiger partial charge in [-0.15, -0.1) is 0 Å². The van der Waals surface area contributed by atoms with Crippen LogP contribution in [0.25, 0.3) is 0 Å². The van der Waals surface area contributed by atoms with Crippen molar-refractivity contribution in [2.24, 2.45) is 7.05 Å². The zero-order valence-corrected chi connectivity index (χ0v) is 13.0. The van der Waals surface area contributed by atoms with Gasteiger partial charge in [0.25, 0.3) is 5.91 Å². The number of nitrogens with one attached hydrogen (secondary N) is 1. The number of anilines is 1. The number of aryl methyl sites for hydroxylation is 3. The second-order valence-corrected chi connectivity index (χ2v) is 5.61. The molecule has 0 saturated heterocycles. The number of carbonyl (C=O) groups is 1. The van der Waals surface area contributed by atoms with Crippen molar-refractivity contribution in [3.05, 3.63) is 34.9 Å². The van der Waals surface area contributed by atoms with Crippen molar-refractivity contribution in [3.8, 4) is 0 Å². The van der Waals surface area contributed by atoms with Crippen molar-refractivity contribution in [3.63, 3.8) is 0 Å². The molecule has 1 amide bonds.